The van der Waals surface area contributed by atoms with Crippen molar-refractivity contribution in [2.75, 3.05) is 0 Å². The van der Waals surface area contributed by atoms with Crippen LogP contribution >= 0.6 is 0 Å². The molecule has 0 aromatic heterocycles. The summed E-state index contributed by atoms with van der Waals surface area (Å²) >= 11 is 0. The summed E-state index contributed by atoms with van der Waals surface area (Å²) in [7, 11) is 0. The molecule has 9 nitrogen and oxygen atoms in total. The lowest BCUT2D eigenvalue weighted by Gasteiger charge is -2.03. The molecule has 0 bridgehead atoms. The predicted octanol–water partition coefficient (Wildman–Crippen LogP) is -2.18. The van der Waals surface area contributed by atoms with Crippen molar-refractivity contribution in [2.45, 2.75) is 26.1 Å². The van der Waals surface area contributed by atoms with Crippen LogP contribution in [0.15, 0.2) is 0 Å². The average Bonchev–Trinajstić information content (AvgIpc) is 2.26. The van der Waals surface area contributed by atoms with Gasteiger partial charge in [0.1, 0.15) is 12.2 Å². The van der Waals surface area contributed by atoms with Gasteiger partial charge >= 0.3 is 11.9 Å². The van der Waals surface area contributed by atoms with Crippen LogP contribution in [0.1, 0.15) is 13.8 Å². The number of aliphatic hydroxyl groups excluding tert-OH is 2. The van der Waals surface area contributed by atoms with E-state index in [1.165, 1.54) is 0 Å². The summed E-state index contributed by atoms with van der Waals surface area (Å²) in [4.78, 5) is 50.1. The fourth-order valence-electron chi connectivity index (χ4n) is 0.502. The van der Waals surface area contributed by atoms with E-state index in [9.17, 15) is 19.2 Å². The van der Waals surface area contributed by atoms with Crippen molar-refractivity contribution in [3.63, 3.8) is 0 Å². The van der Waals surface area contributed by atoms with Gasteiger partial charge in [-0.25, -0.2) is 9.59 Å². The van der Waals surface area contributed by atoms with E-state index >= 15 is 0 Å². The fraction of sp³-hybridized carbons (Fsp3) is 0.500. The molecule has 9 heteroatoms. The summed E-state index contributed by atoms with van der Waals surface area (Å²) in [6, 6.07) is 0. The highest BCUT2D eigenvalue weighted by molar-refractivity contribution is 6.35. The first kappa shape index (κ1) is 15.2. The second-order valence-corrected chi connectivity index (χ2v) is 2.89. The molecule has 2 N–H and O–H groups in total. The maximum atomic E-state index is 10.7. The largest absolute Gasteiger partial charge is 0.415 e. The molecule has 0 aliphatic rings. The van der Waals surface area contributed by atoms with Crippen LogP contribution in [0.25, 0.3) is 0 Å². The molecule has 96 valence electrons. The Morgan fingerprint density at radius 3 is 1.35 bits per heavy atom. The zero-order valence-corrected chi connectivity index (χ0v) is 8.91. The summed E-state index contributed by atoms with van der Waals surface area (Å²) < 4.78 is 0. The Hall–Kier alpha value is -1.84. The van der Waals surface area contributed by atoms with E-state index in [4.69, 9.17) is 10.2 Å². The molecule has 0 spiro atoms. The van der Waals surface area contributed by atoms with Crippen LogP contribution in [0.2, 0.25) is 0 Å². The maximum absolute atomic E-state index is 10.7. The monoisotopic (exact) mass is 250 g/mol. The molecule has 0 aromatic carbocycles. The molecule has 0 aliphatic heterocycles. The molecular weight excluding hydrogens is 240 g/mol. The fourth-order valence-corrected chi connectivity index (χ4v) is 0.502. The number of aliphatic hydroxyl groups is 2. The lowest BCUT2D eigenvalue weighted by molar-refractivity contribution is -0.455. The van der Waals surface area contributed by atoms with Gasteiger partial charge in [-0.05, 0) is 13.8 Å². The van der Waals surface area contributed by atoms with Crippen molar-refractivity contribution < 1.29 is 44.2 Å². The van der Waals surface area contributed by atoms with Gasteiger partial charge in [0.25, 0.3) is 11.6 Å². The third kappa shape index (κ3) is 5.15. The molecule has 0 aliphatic carbocycles. The first-order valence-electron chi connectivity index (χ1n) is 4.31. The van der Waals surface area contributed by atoms with Crippen LogP contribution in [0.3, 0.4) is 0 Å². The van der Waals surface area contributed by atoms with Gasteiger partial charge in [0, 0.05) is 5.04 Å². The quantitative estimate of drug-likeness (QED) is 0.306. The van der Waals surface area contributed by atoms with E-state index in [0.29, 0.717) is 0 Å². The van der Waals surface area contributed by atoms with Crippen LogP contribution < -0.4 is 0 Å². The Morgan fingerprint density at radius 1 is 0.824 bits per heavy atom. The van der Waals surface area contributed by atoms with E-state index in [-0.39, 0.29) is 0 Å². The Kier molecular flexibility index (Phi) is 5.96. The molecular formula is C8H10O9. The second-order valence-electron chi connectivity index (χ2n) is 2.89. The Bertz CT molecular complexity index is 298. The number of carbonyl (C=O) groups excluding carboxylic acids is 4. The zero-order chi connectivity index (χ0) is 13.6. The van der Waals surface area contributed by atoms with Gasteiger partial charge in [-0.15, -0.1) is 0 Å². The van der Waals surface area contributed by atoms with Gasteiger partial charge in [0.05, 0.1) is 0 Å². The molecule has 0 saturated carbocycles. The topological polar surface area (TPSA) is 136 Å². The lowest BCUT2D eigenvalue weighted by atomic mass is 10.3. The summed E-state index contributed by atoms with van der Waals surface area (Å²) in [5.74, 6) is -5.89. The standard InChI is InChI=1S/C8H10O9/c1-3(9)5(11)7(13)15-17-16-8(14)6(12)4(2)10/h3-4,9-10H,1-2H3. The van der Waals surface area contributed by atoms with Crippen molar-refractivity contribution in [2.24, 2.45) is 0 Å². The van der Waals surface area contributed by atoms with Crippen LogP contribution in [0, 0.1) is 0 Å². The first-order valence-corrected chi connectivity index (χ1v) is 4.31. The second kappa shape index (κ2) is 6.68. The SMILES string of the molecule is CC(O)C(=O)C(=O)OOOC(=O)C(=O)C(C)O. The van der Waals surface area contributed by atoms with Gasteiger partial charge in [-0.2, -0.15) is 0 Å². The molecule has 0 fully saturated rings. The number of carbonyl (C=O) groups is 4. The molecule has 0 radical (unpaired) electrons. The highest BCUT2D eigenvalue weighted by Gasteiger charge is 2.25. The minimum Gasteiger partial charge on any atom is -0.385 e. The number of Topliss-reactive ketones (excluding diaryl/α,β-unsaturated/α-hetero) is 2. The molecule has 0 heterocycles. The lowest BCUT2D eigenvalue weighted by Crippen LogP contribution is -2.30. The van der Waals surface area contributed by atoms with Gasteiger partial charge in [0.15, 0.2) is 0 Å². The average molecular weight is 250 g/mol. The van der Waals surface area contributed by atoms with Gasteiger partial charge in [-0.3, -0.25) is 19.4 Å². The summed E-state index contributed by atoms with van der Waals surface area (Å²) in [5, 5.41) is 20.9. The van der Waals surface area contributed by atoms with E-state index < -0.39 is 35.7 Å². The highest BCUT2D eigenvalue weighted by Crippen LogP contribution is 1.93. The Morgan fingerprint density at radius 2 is 1.12 bits per heavy atom. The van der Waals surface area contributed by atoms with Crippen LogP contribution in [-0.4, -0.2) is 45.9 Å². The molecule has 0 saturated heterocycles. The van der Waals surface area contributed by atoms with Crippen LogP contribution in [-0.2, 0) is 34.0 Å². The highest BCUT2D eigenvalue weighted by atomic mass is 17.5. The number of ketones is 2. The third-order valence-electron chi connectivity index (χ3n) is 1.38. The van der Waals surface area contributed by atoms with Crippen molar-refractivity contribution >= 4 is 23.5 Å². The summed E-state index contributed by atoms with van der Waals surface area (Å²) in [6.07, 6.45) is -3.22. The molecule has 2 atom stereocenters. The van der Waals surface area contributed by atoms with E-state index in [0.717, 1.165) is 13.8 Å². The molecule has 0 rings (SSSR count). The normalized spacial score (nSPS) is 13.4. The minimum absolute atomic E-state index is 1.01. The van der Waals surface area contributed by atoms with Crippen molar-refractivity contribution in [1.29, 1.82) is 0 Å². The summed E-state index contributed by atoms with van der Waals surface area (Å²) in [6.45, 7) is 2.01. The van der Waals surface area contributed by atoms with Crippen LogP contribution in [0.4, 0.5) is 0 Å². The minimum atomic E-state index is -1.61. The van der Waals surface area contributed by atoms with E-state index in [1.807, 2.05) is 0 Å². The van der Waals surface area contributed by atoms with Crippen molar-refractivity contribution in [3.8, 4) is 0 Å². The molecule has 0 aromatic rings. The zero-order valence-electron chi connectivity index (χ0n) is 8.91. The van der Waals surface area contributed by atoms with E-state index in [1.54, 1.807) is 0 Å². The molecule has 0 amide bonds. The number of hydrogen-bond donors (Lipinski definition) is 2. The van der Waals surface area contributed by atoms with Crippen molar-refractivity contribution in [1.82, 2.24) is 0 Å². The number of rotatable bonds is 6. The van der Waals surface area contributed by atoms with Gasteiger partial charge < -0.3 is 10.2 Å². The van der Waals surface area contributed by atoms with Gasteiger partial charge in [0.2, 0.25) is 0 Å². The molecule has 17 heavy (non-hydrogen) atoms. The Labute approximate surface area is 94.7 Å². The first-order chi connectivity index (χ1) is 7.77. The summed E-state index contributed by atoms with van der Waals surface area (Å²) in [5.41, 5.74) is 0. The molecule has 2 unspecified atom stereocenters. The smallest absolute Gasteiger partial charge is 0.385 e. The van der Waals surface area contributed by atoms with Crippen molar-refractivity contribution in [3.05, 3.63) is 0 Å². The van der Waals surface area contributed by atoms with Crippen LogP contribution in [0.5, 0.6) is 0 Å². The van der Waals surface area contributed by atoms with E-state index in [2.05, 4.69) is 14.8 Å². The number of hydrogen-bond acceptors (Lipinski definition) is 9. The van der Waals surface area contributed by atoms with Gasteiger partial charge in [-0.1, -0.05) is 0 Å². The Balaban J connectivity index is 4.01. The third-order valence-corrected chi connectivity index (χ3v) is 1.38. The predicted molar refractivity (Wildman–Crippen MR) is 46.6 cm³/mol. The maximum Gasteiger partial charge on any atom is 0.415 e.